The molecule has 2 N–H and O–H groups in total. The van der Waals surface area contributed by atoms with Gasteiger partial charge in [0.15, 0.2) is 9.84 Å². The van der Waals surface area contributed by atoms with E-state index in [0.29, 0.717) is 0 Å². The van der Waals surface area contributed by atoms with Gasteiger partial charge in [-0.05, 0) is 17.5 Å². The molecule has 3 atom stereocenters. The molecule has 0 aromatic heterocycles. The summed E-state index contributed by atoms with van der Waals surface area (Å²) in [6.45, 7) is 3.78. The second-order valence-electron chi connectivity index (χ2n) is 4.61. The molecule has 0 amide bonds. The normalized spacial score (nSPS) is 28.1. The number of nitrogens with two attached hydrogens (primary N) is 1. The summed E-state index contributed by atoms with van der Waals surface area (Å²) in [5, 5.41) is -0.375. The summed E-state index contributed by atoms with van der Waals surface area (Å²) in [7, 11) is -3.01. The molecule has 94 valence electrons. The zero-order chi connectivity index (χ0) is 12.6. The van der Waals surface area contributed by atoms with Gasteiger partial charge in [0.2, 0.25) is 0 Å². The Kier molecular flexibility index (Phi) is 3.27. The minimum atomic E-state index is -3.01. The molecule has 3 nitrogen and oxygen atoms in total. The highest BCUT2D eigenvalue weighted by atomic mass is 32.2. The lowest BCUT2D eigenvalue weighted by Crippen LogP contribution is -2.17. The number of hydrogen-bond donors (Lipinski definition) is 1. The van der Waals surface area contributed by atoms with Gasteiger partial charge < -0.3 is 5.73 Å². The van der Waals surface area contributed by atoms with Crippen molar-refractivity contribution in [1.82, 2.24) is 0 Å². The maximum Gasteiger partial charge on any atom is 0.155 e. The smallest absolute Gasteiger partial charge is 0.155 e. The molecule has 1 aliphatic carbocycles. The Morgan fingerprint density at radius 2 is 1.76 bits per heavy atom. The van der Waals surface area contributed by atoms with Gasteiger partial charge in [0.05, 0.1) is 5.25 Å². The molecule has 0 aliphatic heterocycles. The van der Waals surface area contributed by atoms with Crippen molar-refractivity contribution in [2.75, 3.05) is 5.75 Å². The SMILES string of the molecule is CCc1ccc([C@@H]2[C@H](N)[C@H]2S(=O)(=O)CC)cc1. The van der Waals surface area contributed by atoms with E-state index in [1.165, 1.54) is 5.56 Å². The molecule has 0 saturated heterocycles. The number of benzene rings is 1. The van der Waals surface area contributed by atoms with Crippen molar-refractivity contribution in [3.8, 4) is 0 Å². The molecule has 0 radical (unpaired) electrons. The summed E-state index contributed by atoms with van der Waals surface area (Å²) in [5.41, 5.74) is 8.21. The molecule has 2 rings (SSSR count). The van der Waals surface area contributed by atoms with Gasteiger partial charge in [0.25, 0.3) is 0 Å². The molecular weight excluding hydrogens is 234 g/mol. The number of aryl methyl sites for hydroxylation is 1. The van der Waals surface area contributed by atoms with Crippen molar-refractivity contribution < 1.29 is 8.42 Å². The Bertz CT molecular complexity index is 493. The summed E-state index contributed by atoms with van der Waals surface area (Å²) >= 11 is 0. The first-order valence-electron chi connectivity index (χ1n) is 6.07. The standard InChI is InChI=1S/C13H19NO2S/c1-3-9-5-7-10(8-6-9)11-12(14)13(11)17(15,16)4-2/h5-8,11-13H,3-4,14H2,1-2H3/t11-,12+,13+/m1/s1. The van der Waals surface area contributed by atoms with Gasteiger partial charge >= 0.3 is 0 Å². The Labute approximate surface area is 103 Å². The van der Waals surface area contributed by atoms with Crippen molar-refractivity contribution >= 4 is 9.84 Å². The molecule has 1 aliphatic rings. The molecule has 0 bridgehead atoms. The average molecular weight is 253 g/mol. The molecule has 1 saturated carbocycles. The summed E-state index contributed by atoms with van der Waals surface area (Å²) in [6.07, 6.45) is 0.994. The lowest BCUT2D eigenvalue weighted by molar-refractivity contribution is 0.594. The van der Waals surface area contributed by atoms with E-state index < -0.39 is 9.84 Å². The van der Waals surface area contributed by atoms with E-state index in [0.717, 1.165) is 12.0 Å². The molecular formula is C13H19NO2S. The Hall–Kier alpha value is -0.870. The highest BCUT2D eigenvalue weighted by Crippen LogP contribution is 2.45. The van der Waals surface area contributed by atoms with Crippen LogP contribution in [0.1, 0.15) is 30.9 Å². The minimum absolute atomic E-state index is 0.00847. The van der Waals surface area contributed by atoms with Crippen LogP contribution in [-0.4, -0.2) is 25.5 Å². The molecule has 0 heterocycles. The average Bonchev–Trinajstić information content (AvgIpc) is 3.02. The fraction of sp³-hybridized carbons (Fsp3) is 0.538. The zero-order valence-electron chi connectivity index (χ0n) is 10.3. The molecule has 1 aromatic carbocycles. The zero-order valence-corrected chi connectivity index (χ0v) is 11.1. The molecule has 0 spiro atoms. The van der Waals surface area contributed by atoms with E-state index >= 15 is 0 Å². The van der Waals surface area contributed by atoms with Crippen LogP contribution in [0.5, 0.6) is 0 Å². The van der Waals surface area contributed by atoms with Crippen molar-refractivity contribution in [3.05, 3.63) is 35.4 Å². The van der Waals surface area contributed by atoms with Gasteiger partial charge in [-0.2, -0.15) is 0 Å². The lowest BCUT2D eigenvalue weighted by atomic mass is 10.1. The van der Waals surface area contributed by atoms with E-state index in [4.69, 9.17) is 5.73 Å². The van der Waals surface area contributed by atoms with E-state index in [2.05, 4.69) is 19.1 Å². The quantitative estimate of drug-likeness (QED) is 0.884. The third-order valence-corrected chi connectivity index (χ3v) is 5.84. The van der Waals surface area contributed by atoms with Crippen LogP contribution in [0.2, 0.25) is 0 Å². The van der Waals surface area contributed by atoms with Gasteiger partial charge in [-0.1, -0.05) is 38.1 Å². The van der Waals surface area contributed by atoms with Crippen molar-refractivity contribution in [1.29, 1.82) is 0 Å². The van der Waals surface area contributed by atoms with Gasteiger partial charge in [-0.25, -0.2) is 8.42 Å². The molecule has 17 heavy (non-hydrogen) atoms. The molecule has 0 unspecified atom stereocenters. The Morgan fingerprint density at radius 3 is 2.24 bits per heavy atom. The van der Waals surface area contributed by atoms with Gasteiger partial charge in [0, 0.05) is 17.7 Å². The van der Waals surface area contributed by atoms with Crippen molar-refractivity contribution in [2.24, 2.45) is 5.73 Å². The fourth-order valence-corrected chi connectivity index (χ4v) is 4.08. The maximum atomic E-state index is 11.8. The van der Waals surface area contributed by atoms with Crippen molar-refractivity contribution in [3.63, 3.8) is 0 Å². The number of sulfone groups is 1. The van der Waals surface area contributed by atoms with Crippen LogP contribution < -0.4 is 5.73 Å². The van der Waals surface area contributed by atoms with E-state index in [1.54, 1.807) is 6.92 Å². The lowest BCUT2D eigenvalue weighted by Gasteiger charge is -2.02. The highest BCUT2D eigenvalue weighted by Gasteiger charge is 2.55. The first-order chi connectivity index (χ1) is 8.01. The fourth-order valence-electron chi connectivity index (χ4n) is 2.35. The van der Waals surface area contributed by atoms with E-state index in [1.807, 2.05) is 12.1 Å². The second-order valence-corrected chi connectivity index (χ2v) is 7.06. The highest BCUT2D eigenvalue weighted by molar-refractivity contribution is 7.92. The topological polar surface area (TPSA) is 60.2 Å². The molecule has 1 aromatic rings. The predicted octanol–water partition coefficient (Wildman–Crippen LogP) is 1.48. The van der Waals surface area contributed by atoms with Crippen LogP contribution in [-0.2, 0) is 16.3 Å². The monoisotopic (exact) mass is 253 g/mol. The van der Waals surface area contributed by atoms with E-state index in [9.17, 15) is 8.42 Å². The predicted molar refractivity (Wildman–Crippen MR) is 69.8 cm³/mol. The maximum absolute atomic E-state index is 11.8. The minimum Gasteiger partial charge on any atom is -0.326 e. The first-order valence-corrected chi connectivity index (χ1v) is 7.78. The summed E-state index contributed by atoms with van der Waals surface area (Å²) in [5.74, 6) is 0.167. The van der Waals surface area contributed by atoms with Gasteiger partial charge in [0.1, 0.15) is 0 Å². The molecule has 4 heteroatoms. The largest absolute Gasteiger partial charge is 0.326 e. The number of rotatable bonds is 4. The second kappa shape index (κ2) is 4.42. The Balaban J connectivity index is 2.20. The third kappa shape index (κ3) is 2.24. The van der Waals surface area contributed by atoms with Crippen molar-refractivity contribution in [2.45, 2.75) is 37.5 Å². The van der Waals surface area contributed by atoms with Crippen LogP contribution in [0, 0.1) is 0 Å². The van der Waals surface area contributed by atoms with Gasteiger partial charge in [-0.15, -0.1) is 0 Å². The van der Waals surface area contributed by atoms with Crippen LogP contribution >= 0.6 is 0 Å². The van der Waals surface area contributed by atoms with E-state index in [-0.39, 0.29) is 23.0 Å². The van der Waals surface area contributed by atoms with Crippen LogP contribution in [0.3, 0.4) is 0 Å². The molecule has 1 fully saturated rings. The summed E-state index contributed by atoms with van der Waals surface area (Å²) in [4.78, 5) is 0. The van der Waals surface area contributed by atoms with Crippen LogP contribution in [0.4, 0.5) is 0 Å². The number of hydrogen-bond acceptors (Lipinski definition) is 3. The van der Waals surface area contributed by atoms with Crippen LogP contribution in [0.15, 0.2) is 24.3 Å². The third-order valence-electron chi connectivity index (χ3n) is 3.60. The Morgan fingerprint density at radius 1 is 1.18 bits per heavy atom. The summed E-state index contributed by atoms with van der Waals surface area (Å²) < 4.78 is 23.6. The van der Waals surface area contributed by atoms with Crippen LogP contribution in [0.25, 0.3) is 0 Å². The first kappa shape index (κ1) is 12.6. The summed E-state index contributed by atoms with van der Waals surface area (Å²) in [6, 6.07) is 7.89. The van der Waals surface area contributed by atoms with Gasteiger partial charge in [-0.3, -0.25) is 0 Å².